The van der Waals surface area contributed by atoms with E-state index in [1.54, 1.807) is 0 Å². The number of imidazole rings is 1. The van der Waals surface area contributed by atoms with Gasteiger partial charge in [0.15, 0.2) is 0 Å². The molecule has 21 heavy (non-hydrogen) atoms. The summed E-state index contributed by atoms with van der Waals surface area (Å²) in [6, 6.07) is 8.50. The Morgan fingerprint density at radius 1 is 1.29 bits per heavy atom. The minimum Gasteiger partial charge on any atom is -0.327 e. The molecule has 2 aromatic rings. The molecule has 0 unspecified atom stereocenters. The molecule has 1 aromatic heterocycles. The second-order valence-corrected chi connectivity index (χ2v) is 6.91. The Morgan fingerprint density at radius 2 is 2.10 bits per heavy atom. The molecule has 1 heterocycles. The SMILES string of the molecule is CCCn1c(CNCC2(C3CC3)CC2)nc2ccccc21. The van der Waals surface area contributed by atoms with Crippen LogP contribution in [0, 0.1) is 11.3 Å². The van der Waals surface area contributed by atoms with Crippen LogP contribution in [0.15, 0.2) is 24.3 Å². The van der Waals surface area contributed by atoms with Crippen LogP contribution < -0.4 is 5.32 Å². The van der Waals surface area contributed by atoms with Crippen LogP contribution >= 0.6 is 0 Å². The second-order valence-electron chi connectivity index (χ2n) is 6.91. The number of hydrogen-bond acceptors (Lipinski definition) is 2. The van der Waals surface area contributed by atoms with E-state index >= 15 is 0 Å². The molecule has 0 radical (unpaired) electrons. The molecule has 2 aliphatic rings. The van der Waals surface area contributed by atoms with Crippen LogP contribution in [0.1, 0.15) is 44.9 Å². The molecule has 2 saturated carbocycles. The van der Waals surface area contributed by atoms with E-state index in [1.165, 1.54) is 43.6 Å². The van der Waals surface area contributed by atoms with E-state index in [4.69, 9.17) is 4.98 Å². The van der Waals surface area contributed by atoms with Gasteiger partial charge in [-0.25, -0.2) is 4.98 Å². The number of para-hydroxylation sites is 2. The Hall–Kier alpha value is -1.35. The van der Waals surface area contributed by atoms with Crippen LogP contribution in [0.2, 0.25) is 0 Å². The summed E-state index contributed by atoms with van der Waals surface area (Å²) in [5.74, 6) is 2.23. The first-order valence-electron chi connectivity index (χ1n) is 8.47. The number of fused-ring (bicyclic) bond motifs is 1. The van der Waals surface area contributed by atoms with Crippen molar-refractivity contribution in [2.24, 2.45) is 11.3 Å². The summed E-state index contributed by atoms with van der Waals surface area (Å²) in [4.78, 5) is 4.83. The van der Waals surface area contributed by atoms with Gasteiger partial charge in [-0.2, -0.15) is 0 Å². The van der Waals surface area contributed by atoms with Crippen molar-refractivity contribution in [3.8, 4) is 0 Å². The molecule has 0 atom stereocenters. The number of hydrogen-bond donors (Lipinski definition) is 1. The van der Waals surface area contributed by atoms with Crippen molar-refractivity contribution in [1.29, 1.82) is 0 Å². The lowest BCUT2D eigenvalue weighted by Crippen LogP contribution is -2.26. The van der Waals surface area contributed by atoms with Crippen molar-refractivity contribution >= 4 is 11.0 Å². The topological polar surface area (TPSA) is 29.9 Å². The van der Waals surface area contributed by atoms with Gasteiger partial charge in [-0.3, -0.25) is 0 Å². The van der Waals surface area contributed by atoms with Crippen LogP contribution in [0.3, 0.4) is 0 Å². The zero-order valence-electron chi connectivity index (χ0n) is 12.9. The standard InChI is InChI=1S/C18H25N3/c1-2-11-21-16-6-4-3-5-15(16)20-17(21)12-19-13-18(9-10-18)14-7-8-14/h3-6,14,19H,2,7-13H2,1H3. The number of aryl methyl sites for hydroxylation is 1. The van der Waals surface area contributed by atoms with Crippen LogP contribution in [-0.4, -0.2) is 16.1 Å². The minimum absolute atomic E-state index is 0.668. The van der Waals surface area contributed by atoms with Gasteiger partial charge in [0.2, 0.25) is 0 Å². The van der Waals surface area contributed by atoms with Gasteiger partial charge >= 0.3 is 0 Å². The molecule has 2 fully saturated rings. The summed E-state index contributed by atoms with van der Waals surface area (Å²) in [6.45, 7) is 5.39. The molecular formula is C18H25N3. The molecule has 112 valence electrons. The summed E-state index contributed by atoms with van der Waals surface area (Å²) in [5.41, 5.74) is 3.08. The summed E-state index contributed by atoms with van der Waals surface area (Å²) in [7, 11) is 0. The fourth-order valence-electron chi connectivity index (χ4n) is 3.74. The van der Waals surface area contributed by atoms with Crippen molar-refractivity contribution in [1.82, 2.24) is 14.9 Å². The summed E-state index contributed by atoms with van der Waals surface area (Å²) in [6.07, 6.45) is 6.97. The van der Waals surface area contributed by atoms with Crippen molar-refractivity contribution in [3.05, 3.63) is 30.1 Å². The summed E-state index contributed by atoms with van der Waals surface area (Å²) in [5, 5.41) is 3.70. The van der Waals surface area contributed by atoms with E-state index in [0.717, 1.165) is 30.9 Å². The Bertz CT molecular complexity index is 635. The third-order valence-electron chi connectivity index (χ3n) is 5.28. The Balaban J connectivity index is 1.48. The average molecular weight is 283 g/mol. The third-order valence-corrected chi connectivity index (χ3v) is 5.28. The van der Waals surface area contributed by atoms with Gasteiger partial charge in [-0.05, 0) is 55.6 Å². The number of nitrogens with zero attached hydrogens (tertiary/aromatic N) is 2. The largest absolute Gasteiger partial charge is 0.327 e. The predicted molar refractivity (Wildman–Crippen MR) is 86.1 cm³/mol. The first-order valence-corrected chi connectivity index (χ1v) is 8.47. The number of rotatable bonds is 7. The van der Waals surface area contributed by atoms with Crippen LogP contribution in [0.4, 0.5) is 0 Å². The molecule has 1 N–H and O–H groups in total. The molecule has 0 saturated heterocycles. The Morgan fingerprint density at radius 3 is 2.81 bits per heavy atom. The summed E-state index contributed by atoms with van der Waals surface area (Å²) >= 11 is 0. The van der Waals surface area contributed by atoms with E-state index in [-0.39, 0.29) is 0 Å². The first kappa shape index (κ1) is 13.3. The molecule has 0 amide bonds. The maximum atomic E-state index is 4.83. The lowest BCUT2D eigenvalue weighted by molar-refractivity contribution is 0.398. The van der Waals surface area contributed by atoms with E-state index < -0.39 is 0 Å². The van der Waals surface area contributed by atoms with Crippen molar-refractivity contribution in [2.45, 2.75) is 52.1 Å². The highest BCUT2D eigenvalue weighted by Gasteiger charge is 2.53. The van der Waals surface area contributed by atoms with E-state index in [0.29, 0.717) is 5.41 Å². The second kappa shape index (κ2) is 5.13. The van der Waals surface area contributed by atoms with Crippen LogP contribution in [0.25, 0.3) is 11.0 Å². The van der Waals surface area contributed by atoms with Gasteiger partial charge in [0.25, 0.3) is 0 Å². The van der Waals surface area contributed by atoms with Crippen molar-refractivity contribution in [2.75, 3.05) is 6.54 Å². The number of benzene rings is 1. The zero-order valence-corrected chi connectivity index (χ0v) is 12.9. The van der Waals surface area contributed by atoms with Gasteiger partial charge in [0.05, 0.1) is 17.6 Å². The summed E-state index contributed by atoms with van der Waals surface area (Å²) < 4.78 is 2.39. The average Bonchev–Trinajstić information content (AvgIpc) is 3.38. The first-order chi connectivity index (χ1) is 10.3. The number of nitrogens with one attached hydrogen (secondary N) is 1. The van der Waals surface area contributed by atoms with Crippen molar-refractivity contribution < 1.29 is 0 Å². The van der Waals surface area contributed by atoms with Gasteiger partial charge in [-0.1, -0.05) is 19.1 Å². The Labute approximate surface area is 126 Å². The molecule has 0 spiro atoms. The molecule has 1 aromatic carbocycles. The predicted octanol–water partition coefficient (Wildman–Crippen LogP) is 3.73. The lowest BCUT2D eigenvalue weighted by atomic mass is 10.0. The maximum Gasteiger partial charge on any atom is 0.123 e. The monoisotopic (exact) mass is 283 g/mol. The zero-order chi connectivity index (χ0) is 14.3. The van der Waals surface area contributed by atoms with E-state index in [2.05, 4.69) is 41.1 Å². The van der Waals surface area contributed by atoms with E-state index in [9.17, 15) is 0 Å². The fraction of sp³-hybridized carbons (Fsp3) is 0.611. The smallest absolute Gasteiger partial charge is 0.123 e. The van der Waals surface area contributed by atoms with Crippen LogP contribution in [0.5, 0.6) is 0 Å². The quantitative estimate of drug-likeness (QED) is 0.839. The van der Waals surface area contributed by atoms with Gasteiger partial charge in [0.1, 0.15) is 5.82 Å². The van der Waals surface area contributed by atoms with Crippen molar-refractivity contribution in [3.63, 3.8) is 0 Å². The third kappa shape index (κ3) is 2.48. The highest BCUT2D eigenvalue weighted by Crippen LogP contribution is 2.60. The Kier molecular flexibility index (Phi) is 3.26. The molecule has 4 rings (SSSR count). The maximum absolute atomic E-state index is 4.83. The normalized spacial score (nSPS) is 20.0. The number of aromatic nitrogens is 2. The van der Waals surface area contributed by atoms with Gasteiger partial charge in [0, 0.05) is 13.1 Å². The highest BCUT2D eigenvalue weighted by atomic mass is 15.1. The minimum atomic E-state index is 0.668. The molecule has 3 heteroatoms. The fourth-order valence-corrected chi connectivity index (χ4v) is 3.74. The molecule has 0 bridgehead atoms. The van der Waals surface area contributed by atoms with E-state index in [1.807, 2.05) is 0 Å². The molecular weight excluding hydrogens is 258 g/mol. The van der Waals surface area contributed by atoms with Crippen LogP contribution in [-0.2, 0) is 13.1 Å². The van der Waals surface area contributed by atoms with Gasteiger partial charge in [-0.15, -0.1) is 0 Å². The molecule has 3 nitrogen and oxygen atoms in total. The molecule has 0 aliphatic heterocycles. The van der Waals surface area contributed by atoms with Gasteiger partial charge < -0.3 is 9.88 Å². The lowest BCUT2D eigenvalue weighted by Gasteiger charge is -2.15. The highest BCUT2D eigenvalue weighted by molar-refractivity contribution is 5.75. The molecule has 2 aliphatic carbocycles.